The van der Waals surface area contributed by atoms with Gasteiger partial charge in [-0.1, -0.05) is 19.9 Å². The second-order valence-electron chi connectivity index (χ2n) is 13.2. The molecular weight excluding hydrogens is 643 g/mol. The Kier molecular flexibility index (Phi) is 9.82. The van der Waals surface area contributed by atoms with E-state index < -0.39 is 11.7 Å². The van der Waals surface area contributed by atoms with E-state index in [0.717, 1.165) is 30.0 Å². The molecule has 0 aliphatic carbocycles. The lowest BCUT2D eigenvalue weighted by atomic mass is 9.96. The number of fused-ring (bicyclic) bond motifs is 1. The number of rotatable bonds is 9. The van der Waals surface area contributed by atoms with Crippen LogP contribution in [0.1, 0.15) is 73.5 Å². The highest BCUT2D eigenvalue weighted by Crippen LogP contribution is 2.42. The van der Waals surface area contributed by atoms with Crippen LogP contribution in [0.2, 0.25) is 0 Å². The van der Waals surface area contributed by atoms with Crippen LogP contribution >= 0.6 is 0 Å². The van der Waals surface area contributed by atoms with Gasteiger partial charge in [0.05, 0.1) is 23.3 Å². The first-order chi connectivity index (χ1) is 23.9. The second-order valence-corrected chi connectivity index (χ2v) is 13.2. The third kappa shape index (κ3) is 7.44. The number of benzene rings is 3. The third-order valence-corrected chi connectivity index (χ3v) is 8.88. The van der Waals surface area contributed by atoms with Crippen molar-refractivity contribution in [2.75, 3.05) is 24.5 Å². The smallest absolute Gasteiger partial charge is 0.417 e. The average Bonchev–Trinajstić information content (AvgIpc) is 3.54. The minimum absolute atomic E-state index is 0.0154. The first-order valence-electron chi connectivity index (χ1n) is 16.7. The van der Waals surface area contributed by atoms with Gasteiger partial charge in [0.15, 0.2) is 5.58 Å². The molecule has 258 valence electrons. The lowest BCUT2D eigenvalue weighted by molar-refractivity contribution is -0.137. The number of carbonyl (C=O) groups is 1. The summed E-state index contributed by atoms with van der Waals surface area (Å²) in [6, 6.07) is 20.2. The van der Waals surface area contributed by atoms with E-state index in [9.17, 15) is 23.2 Å². The van der Waals surface area contributed by atoms with Crippen molar-refractivity contribution in [2.24, 2.45) is 5.92 Å². The maximum Gasteiger partial charge on any atom is 0.417 e. The fourth-order valence-electron chi connectivity index (χ4n) is 6.28. The number of carbonyl (C=O) groups excluding carboxylic acids is 1. The van der Waals surface area contributed by atoms with Gasteiger partial charge in [0.1, 0.15) is 17.1 Å². The van der Waals surface area contributed by atoms with Crippen molar-refractivity contribution in [3.8, 4) is 34.4 Å². The molecule has 0 bridgehead atoms. The van der Waals surface area contributed by atoms with Crippen LogP contribution < -0.4 is 15.0 Å². The molecule has 11 heteroatoms. The summed E-state index contributed by atoms with van der Waals surface area (Å²) in [5.41, 5.74) is 3.56. The summed E-state index contributed by atoms with van der Waals surface area (Å²) < 4.78 is 53.6. The zero-order valence-electron chi connectivity index (χ0n) is 28.3. The summed E-state index contributed by atoms with van der Waals surface area (Å²) in [5.74, 6) is 1.55. The fourth-order valence-corrected chi connectivity index (χ4v) is 6.28. The van der Waals surface area contributed by atoms with Crippen molar-refractivity contribution in [3.05, 3.63) is 95.2 Å². The van der Waals surface area contributed by atoms with Crippen molar-refractivity contribution >= 4 is 22.8 Å². The monoisotopic (exact) mass is 681 g/mol. The first-order valence-corrected chi connectivity index (χ1v) is 16.7. The van der Waals surface area contributed by atoms with Crippen LogP contribution in [0, 0.1) is 17.2 Å². The Hall–Kier alpha value is -5.37. The van der Waals surface area contributed by atoms with Gasteiger partial charge in [-0.05, 0) is 99.2 Å². The summed E-state index contributed by atoms with van der Waals surface area (Å²) in [6.45, 7) is 9.57. The molecule has 1 amide bonds. The van der Waals surface area contributed by atoms with Gasteiger partial charge >= 0.3 is 6.18 Å². The number of piperidine rings is 1. The molecule has 5 aromatic rings. The molecule has 1 fully saturated rings. The van der Waals surface area contributed by atoms with Crippen LogP contribution in [0.15, 0.2) is 77.3 Å². The fraction of sp³-hybridized carbons (Fsp3) is 0.333. The summed E-state index contributed by atoms with van der Waals surface area (Å²) in [6.07, 6.45) is -1.70. The molecule has 6 rings (SSSR count). The van der Waals surface area contributed by atoms with E-state index in [1.807, 2.05) is 19.9 Å². The summed E-state index contributed by atoms with van der Waals surface area (Å²) in [5, 5.41) is 12.5. The van der Waals surface area contributed by atoms with E-state index in [-0.39, 0.29) is 35.2 Å². The Morgan fingerprint density at radius 2 is 1.76 bits per heavy atom. The van der Waals surface area contributed by atoms with Gasteiger partial charge < -0.3 is 19.4 Å². The number of hydrogen-bond acceptors (Lipinski definition) is 7. The van der Waals surface area contributed by atoms with Gasteiger partial charge in [-0.25, -0.2) is 9.97 Å². The predicted molar refractivity (Wildman–Crippen MR) is 186 cm³/mol. The lowest BCUT2D eigenvalue weighted by Gasteiger charge is -2.33. The number of anilines is 1. The second kappa shape index (κ2) is 14.2. The molecule has 1 aliphatic heterocycles. The van der Waals surface area contributed by atoms with Crippen LogP contribution in [0.3, 0.4) is 0 Å². The first kappa shape index (κ1) is 34.5. The normalized spacial score (nSPS) is 14.0. The number of nitriles is 1. The molecule has 1 aliphatic rings. The Bertz CT molecular complexity index is 2020. The maximum absolute atomic E-state index is 13.9. The Morgan fingerprint density at radius 3 is 2.38 bits per heavy atom. The van der Waals surface area contributed by atoms with Crippen LogP contribution in [0.25, 0.3) is 33.7 Å². The molecule has 0 radical (unpaired) electrons. The highest BCUT2D eigenvalue weighted by atomic mass is 19.4. The molecular formula is C39H38F3N5O3. The van der Waals surface area contributed by atoms with Crippen LogP contribution in [-0.2, 0) is 6.18 Å². The summed E-state index contributed by atoms with van der Waals surface area (Å²) in [4.78, 5) is 24.2. The zero-order chi connectivity index (χ0) is 35.6. The molecule has 0 unspecified atom stereocenters. The van der Waals surface area contributed by atoms with E-state index in [1.165, 1.54) is 12.3 Å². The van der Waals surface area contributed by atoms with Gasteiger partial charge in [-0.2, -0.15) is 18.4 Å². The maximum atomic E-state index is 13.9. The quantitative estimate of drug-likeness (QED) is 0.166. The molecule has 2 aromatic heterocycles. The number of nitrogens with one attached hydrogen (secondary N) is 1. The van der Waals surface area contributed by atoms with Crippen LogP contribution in [0.5, 0.6) is 5.75 Å². The van der Waals surface area contributed by atoms with E-state index in [1.54, 1.807) is 62.4 Å². The topological polar surface area (TPSA) is 104 Å². The minimum Gasteiger partial charge on any atom is -0.490 e. The van der Waals surface area contributed by atoms with Gasteiger partial charge in [0.25, 0.3) is 5.91 Å². The van der Waals surface area contributed by atoms with Gasteiger partial charge in [-0.15, -0.1) is 0 Å². The van der Waals surface area contributed by atoms with Crippen molar-refractivity contribution < 1.29 is 27.1 Å². The van der Waals surface area contributed by atoms with Crippen molar-refractivity contribution in [1.29, 1.82) is 5.26 Å². The molecule has 0 atom stereocenters. The number of aromatic nitrogens is 2. The number of ether oxygens (including phenoxy) is 1. The van der Waals surface area contributed by atoms with E-state index in [4.69, 9.17) is 9.15 Å². The van der Waals surface area contributed by atoms with Crippen molar-refractivity contribution in [3.63, 3.8) is 0 Å². The minimum atomic E-state index is -4.54. The number of pyridine rings is 1. The molecule has 50 heavy (non-hydrogen) atoms. The summed E-state index contributed by atoms with van der Waals surface area (Å²) >= 11 is 0. The van der Waals surface area contributed by atoms with Gasteiger partial charge in [0.2, 0.25) is 5.89 Å². The molecule has 0 spiro atoms. The molecule has 1 N–H and O–H groups in total. The molecule has 3 aromatic carbocycles. The highest BCUT2D eigenvalue weighted by Gasteiger charge is 2.35. The lowest BCUT2D eigenvalue weighted by Crippen LogP contribution is -2.39. The van der Waals surface area contributed by atoms with Crippen LogP contribution in [-0.4, -0.2) is 41.6 Å². The molecule has 0 saturated carbocycles. The number of oxazole rings is 1. The average molecular weight is 682 g/mol. The largest absolute Gasteiger partial charge is 0.490 e. The molecule has 8 nitrogen and oxygen atoms in total. The number of alkyl halides is 3. The van der Waals surface area contributed by atoms with E-state index in [2.05, 4.69) is 26.3 Å². The van der Waals surface area contributed by atoms with E-state index in [0.29, 0.717) is 59.1 Å². The number of halogens is 3. The SMILES string of the molecule is CC(C)Oc1cccc(C(F)(F)F)c1-c1ccc(N2CCC(CNC(=O)c3ccc(-c4nc5cc(C#N)cc(C(C)C)c5o4)cc3)CC2)nc1. The molecule has 3 heterocycles. The van der Waals surface area contributed by atoms with Crippen molar-refractivity contribution in [1.82, 2.24) is 15.3 Å². The van der Waals surface area contributed by atoms with Crippen molar-refractivity contribution in [2.45, 2.75) is 58.7 Å². The number of amides is 1. The van der Waals surface area contributed by atoms with Crippen LogP contribution in [0.4, 0.5) is 19.0 Å². The molecule has 1 saturated heterocycles. The Morgan fingerprint density at radius 1 is 1.04 bits per heavy atom. The third-order valence-electron chi connectivity index (χ3n) is 8.88. The summed E-state index contributed by atoms with van der Waals surface area (Å²) in [7, 11) is 0. The van der Waals surface area contributed by atoms with Gasteiger partial charge in [-0.3, -0.25) is 4.79 Å². The van der Waals surface area contributed by atoms with E-state index >= 15 is 0 Å². The highest BCUT2D eigenvalue weighted by molar-refractivity contribution is 5.94. The zero-order valence-corrected chi connectivity index (χ0v) is 28.3. The Labute approximate surface area is 288 Å². The predicted octanol–water partition coefficient (Wildman–Crippen LogP) is 9.00. The number of nitrogens with zero attached hydrogens (tertiary/aromatic N) is 4. The van der Waals surface area contributed by atoms with Gasteiger partial charge in [0, 0.05) is 53.6 Å². The standard InChI is InChI=1S/C39H38F3N5O3/c1-23(2)30-18-26(20-43)19-32-36(30)50-38(46-32)28-10-8-27(9-11-28)37(48)45-21-25-14-16-47(17-15-25)34-13-12-29(22-44-34)35-31(39(40,41)42)6-5-7-33(35)49-24(3)4/h5-13,18-19,22-25H,14-17,21H2,1-4H3,(H,45,48). The number of hydrogen-bond donors (Lipinski definition) is 1. The Balaban J connectivity index is 1.05.